The highest BCUT2D eigenvalue weighted by molar-refractivity contribution is 14.1. The maximum absolute atomic E-state index is 8.88. The Morgan fingerprint density at radius 1 is 1.62 bits per heavy atom. The molecule has 41 valence electrons. The fraction of sp³-hybridized carbons (Fsp3) is 0. The highest BCUT2D eigenvalue weighted by Crippen LogP contribution is 2.16. The van der Waals surface area contributed by atoms with E-state index in [0.717, 1.165) is 3.57 Å². The molecule has 0 saturated heterocycles. The molecule has 2 heteroatoms. The van der Waals surface area contributed by atoms with Gasteiger partial charge in [0, 0.05) is 0 Å². The average Bonchev–Trinajstić information content (AvgIpc) is 1.77. The van der Waals surface area contributed by atoms with Gasteiger partial charge in [-0.25, -0.2) is 0 Å². The Bertz CT molecular complexity index is 165. The van der Waals surface area contributed by atoms with E-state index in [1.165, 1.54) is 0 Å². The smallest absolute Gasteiger partial charge is 0.129 e. The molecule has 0 aromatic heterocycles. The molecule has 0 heterocycles. The largest absolute Gasteiger partial charge is 0.507 e. The lowest BCUT2D eigenvalue weighted by Gasteiger charge is -1.90. The Balaban J connectivity index is 3.13. The molecule has 1 aromatic rings. The van der Waals surface area contributed by atoms with Gasteiger partial charge < -0.3 is 5.11 Å². The van der Waals surface area contributed by atoms with E-state index < -0.39 is 0 Å². The summed E-state index contributed by atoms with van der Waals surface area (Å²) >= 11 is 2.05. The number of aromatic hydroxyl groups is 1. The van der Waals surface area contributed by atoms with Crippen LogP contribution >= 0.6 is 22.6 Å². The van der Waals surface area contributed by atoms with Crippen molar-refractivity contribution in [2.45, 2.75) is 0 Å². The van der Waals surface area contributed by atoms with E-state index in [1.54, 1.807) is 18.2 Å². The molecule has 1 radical (unpaired) electrons. The summed E-state index contributed by atoms with van der Waals surface area (Å²) in [6.45, 7) is 0. The molecule has 1 N–H and O–H groups in total. The second-order valence-electron chi connectivity index (χ2n) is 1.38. The van der Waals surface area contributed by atoms with E-state index in [4.69, 9.17) is 5.11 Å². The van der Waals surface area contributed by atoms with Crippen LogP contribution in [0.4, 0.5) is 0 Å². The van der Waals surface area contributed by atoms with Crippen molar-refractivity contribution in [1.82, 2.24) is 0 Å². The van der Waals surface area contributed by atoms with Gasteiger partial charge >= 0.3 is 0 Å². The summed E-state index contributed by atoms with van der Waals surface area (Å²) in [4.78, 5) is 0. The first-order valence-corrected chi connectivity index (χ1v) is 3.23. The van der Waals surface area contributed by atoms with Gasteiger partial charge in [0.1, 0.15) is 5.75 Å². The molecular formula is C6H4IO. The summed E-state index contributed by atoms with van der Waals surface area (Å²) in [5.74, 6) is 0.299. The minimum atomic E-state index is 0.299. The third-order valence-corrected chi connectivity index (χ3v) is 1.70. The van der Waals surface area contributed by atoms with Crippen LogP contribution in [-0.4, -0.2) is 5.11 Å². The second kappa shape index (κ2) is 2.35. The molecule has 0 amide bonds. The van der Waals surface area contributed by atoms with E-state index in [9.17, 15) is 0 Å². The molecule has 0 unspecified atom stereocenters. The molecule has 0 aliphatic heterocycles. The number of rotatable bonds is 0. The summed E-state index contributed by atoms with van der Waals surface area (Å²) in [5, 5.41) is 8.88. The van der Waals surface area contributed by atoms with Crippen molar-refractivity contribution >= 4 is 22.6 Å². The molecule has 0 aliphatic carbocycles. The SMILES string of the molecule is Oc1c[c]ccc1I. The number of halogens is 1. The highest BCUT2D eigenvalue weighted by atomic mass is 127. The quantitative estimate of drug-likeness (QED) is 0.659. The predicted octanol–water partition coefficient (Wildman–Crippen LogP) is 1.80. The summed E-state index contributed by atoms with van der Waals surface area (Å²) in [6.07, 6.45) is 0. The van der Waals surface area contributed by atoms with Crippen LogP contribution in [0.2, 0.25) is 0 Å². The van der Waals surface area contributed by atoms with Gasteiger partial charge in [0.05, 0.1) is 3.57 Å². The molecule has 1 nitrogen and oxygen atoms in total. The molecule has 0 atom stereocenters. The van der Waals surface area contributed by atoms with Crippen LogP contribution < -0.4 is 0 Å². The molecule has 0 fully saturated rings. The van der Waals surface area contributed by atoms with Crippen molar-refractivity contribution in [2.75, 3.05) is 0 Å². The zero-order chi connectivity index (χ0) is 5.98. The van der Waals surface area contributed by atoms with Crippen LogP contribution in [0.3, 0.4) is 0 Å². The summed E-state index contributed by atoms with van der Waals surface area (Å²) in [7, 11) is 0. The number of phenols is 1. The van der Waals surface area contributed by atoms with Crippen molar-refractivity contribution in [1.29, 1.82) is 0 Å². The van der Waals surface area contributed by atoms with E-state index in [1.807, 2.05) is 0 Å². The first-order valence-electron chi connectivity index (χ1n) is 2.15. The third kappa shape index (κ3) is 1.12. The number of hydrogen-bond acceptors (Lipinski definition) is 1. The van der Waals surface area contributed by atoms with Gasteiger partial charge in [0.2, 0.25) is 0 Å². The van der Waals surface area contributed by atoms with Gasteiger partial charge in [0.25, 0.3) is 0 Å². The second-order valence-corrected chi connectivity index (χ2v) is 2.54. The van der Waals surface area contributed by atoms with Crippen molar-refractivity contribution in [2.24, 2.45) is 0 Å². The summed E-state index contributed by atoms with van der Waals surface area (Å²) in [6, 6.07) is 7.86. The lowest BCUT2D eigenvalue weighted by Crippen LogP contribution is -1.68. The standard InChI is InChI=1S/C6H4IO/c7-5-3-1-2-4-6(5)8/h1,3-4,8H. The van der Waals surface area contributed by atoms with Gasteiger partial charge in [-0.15, -0.1) is 0 Å². The normalized spacial score (nSPS) is 9.12. The van der Waals surface area contributed by atoms with Crippen LogP contribution in [0.25, 0.3) is 0 Å². The number of benzene rings is 1. The van der Waals surface area contributed by atoms with Gasteiger partial charge in [-0.05, 0) is 40.8 Å². The van der Waals surface area contributed by atoms with Crippen molar-refractivity contribution in [3.8, 4) is 5.75 Å². The van der Waals surface area contributed by atoms with Crippen molar-refractivity contribution in [3.63, 3.8) is 0 Å². The molecule has 8 heavy (non-hydrogen) atoms. The lowest BCUT2D eigenvalue weighted by molar-refractivity contribution is 0.471. The number of phenolic OH excluding ortho intramolecular Hbond substituents is 1. The molecule has 0 spiro atoms. The van der Waals surface area contributed by atoms with Gasteiger partial charge in [0.15, 0.2) is 0 Å². The maximum atomic E-state index is 8.88. The minimum Gasteiger partial charge on any atom is -0.507 e. The van der Waals surface area contributed by atoms with Crippen LogP contribution in [0, 0.1) is 9.64 Å². The van der Waals surface area contributed by atoms with E-state index in [2.05, 4.69) is 28.7 Å². The van der Waals surface area contributed by atoms with E-state index >= 15 is 0 Å². The Morgan fingerprint density at radius 3 is 2.75 bits per heavy atom. The molecular weight excluding hydrogens is 215 g/mol. The zero-order valence-corrected chi connectivity index (χ0v) is 6.21. The first-order chi connectivity index (χ1) is 3.80. The van der Waals surface area contributed by atoms with Crippen LogP contribution in [-0.2, 0) is 0 Å². The molecule has 1 aromatic carbocycles. The molecule has 0 aliphatic rings. The fourth-order valence-electron chi connectivity index (χ4n) is 0.403. The van der Waals surface area contributed by atoms with Crippen molar-refractivity contribution in [3.05, 3.63) is 27.8 Å². The van der Waals surface area contributed by atoms with Crippen LogP contribution in [0.1, 0.15) is 0 Å². The van der Waals surface area contributed by atoms with Gasteiger partial charge in [-0.2, -0.15) is 0 Å². The number of hydrogen-bond donors (Lipinski definition) is 1. The zero-order valence-electron chi connectivity index (χ0n) is 4.06. The monoisotopic (exact) mass is 219 g/mol. The van der Waals surface area contributed by atoms with Gasteiger partial charge in [-0.3, -0.25) is 0 Å². The first kappa shape index (κ1) is 5.88. The predicted molar refractivity (Wildman–Crippen MR) is 39.7 cm³/mol. The Hall–Kier alpha value is -0.250. The third-order valence-electron chi connectivity index (χ3n) is 0.791. The van der Waals surface area contributed by atoms with Crippen LogP contribution in [0.15, 0.2) is 18.2 Å². The summed E-state index contributed by atoms with van der Waals surface area (Å²) in [5.41, 5.74) is 0. The minimum absolute atomic E-state index is 0.299. The Labute approximate surface area is 61.5 Å². The fourth-order valence-corrected chi connectivity index (χ4v) is 0.738. The maximum Gasteiger partial charge on any atom is 0.129 e. The Morgan fingerprint density at radius 2 is 2.38 bits per heavy atom. The summed E-state index contributed by atoms with van der Waals surface area (Å²) < 4.78 is 0.862. The molecule has 0 saturated carbocycles. The van der Waals surface area contributed by atoms with Crippen LogP contribution in [0.5, 0.6) is 5.75 Å². The molecule has 0 bridgehead atoms. The average molecular weight is 219 g/mol. The lowest BCUT2D eigenvalue weighted by atomic mass is 10.3. The van der Waals surface area contributed by atoms with E-state index in [-0.39, 0.29) is 0 Å². The highest BCUT2D eigenvalue weighted by Gasteiger charge is 1.89. The Kier molecular flexibility index (Phi) is 1.73. The molecule has 1 rings (SSSR count). The van der Waals surface area contributed by atoms with E-state index in [0.29, 0.717) is 5.75 Å². The van der Waals surface area contributed by atoms with Crippen molar-refractivity contribution < 1.29 is 5.11 Å². The topological polar surface area (TPSA) is 20.2 Å². The van der Waals surface area contributed by atoms with Gasteiger partial charge in [-0.1, -0.05) is 6.07 Å².